The fourth-order valence-electron chi connectivity index (χ4n) is 1.64. The molecule has 0 saturated carbocycles. The summed E-state index contributed by atoms with van der Waals surface area (Å²) in [7, 11) is 0. The molecule has 0 aromatic heterocycles. The van der Waals surface area contributed by atoms with E-state index in [-0.39, 0.29) is 6.92 Å². The van der Waals surface area contributed by atoms with Crippen LogP contribution in [-0.4, -0.2) is 12.4 Å². The van der Waals surface area contributed by atoms with Crippen LogP contribution in [0.2, 0.25) is 0 Å². The topological polar surface area (TPSA) is 0 Å². The maximum Gasteiger partial charge on any atom is 0.403 e. The molecular weight excluding hydrogens is 303 g/mol. The van der Waals surface area contributed by atoms with Gasteiger partial charge < -0.3 is 0 Å². The van der Waals surface area contributed by atoms with Gasteiger partial charge in [-0.2, -0.15) is 35.1 Å². The molecule has 0 saturated heterocycles. The van der Waals surface area contributed by atoms with E-state index < -0.39 is 48.4 Å². The second-order valence-electron chi connectivity index (χ2n) is 4.29. The summed E-state index contributed by atoms with van der Waals surface area (Å²) in [6, 6.07) is 0. The quantitative estimate of drug-likeness (QED) is 0.446. The zero-order chi connectivity index (χ0) is 16.4. The lowest BCUT2D eigenvalue weighted by molar-refractivity contribution is -0.351. The summed E-state index contributed by atoms with van der Waals surface area (Å²) in [6.45, 7) is 2.79. The van der Waals surface area contributed by atoms with Crippen LogP contribution in [0.25, 0.3) is 0 Å². The third-order valence-electron chi connectivity index (χ3n) is 3.08. The molecule has 20 heavy (non-hydrogen) atoms. The minimum absolute atomic E-state index is 0.176. The molecule has 1 unspecified atom stereocenters. The van der Waals surface area contributed by atoms with E-state index in [1.54, 1.807) is 0 Å². The standard InChI is InChI=1S/C11H11F9/c1-3-4-6(5-7(12)8(13)14)9(2,10(15,16)17)11(18,19)20/h3,6H,1,4-5H2,2H3. The average Bonchev–Trinajstić information content (AvgIpc) is 2.23. The summed E-state index contributed by atoms with van der Waals surface area (Å²) >= 11 is 0. The van der Waals surface area contributed by atoms with Gasteiger partial charge in [0.2, 0.25) is 0 Å². The molecular formula is C11H11F9. The number of hydrogen-bond acceptors (Lipinski definition) is 0. The SMILES string of the molecule is C=CCC(CC(F)=C(F)F)C(C)(C(F)(F)F)C(F)(F)F. The van der Waals surface area contributed by atoms with Gasteiger partial charge in [-0.3, -0.25) is 0 Å². The van der Waals surface area contributed by atoms with E-state index in [0.29, 0.717) is 6.08 Å². The Balaban J connectivity index is 5.82. The molecule has 0 amide bonds. The first-order valence-corrected chi connectivity index (χ1v) is 5.23. The molecule has 0 aliphatic heterocycles. The highest BCUT2D eigenvalue weighted by Gasteiger charge is 2.70. The minimum Gasteiger partial charge on any atom is -0.206 e. The van der Waals surface area contributed by atoms with Crippen LogP contribution in [0, 0.1) is 11.3 Å². The Labute approximate surface area is 108 Å². The molecule has 0 nitrogen and oxygen atoms in total. The predicted molar refractivity (Wildman–Crippen MR) is 53.5 cm³/mol. The van der Waals surface area contributed by atoms with Gasteiger partial charge in [0.1, 0.15) is 0 Å². The van der Waals surface area contributed by atoms with Gasteiger partial charge in [0.05, 0.1) is 0 Å². The van der Waals surface area contributed by atoms with Crippen molar-refractivity contribution in [3.63, 3.8) is 0 Å². The Morgan fingerprint density at radius 2 is 1.40 bits per heavy atom. The third-order valence-corrected chi connectivity index (χ3v) is 3.08. The van der Waals surface area contributed by atoms with Gasteiger partial charge >= 0.3 is 18.4 Å². The Morgan fingerprint density at radius 1 is 1.00 bits per heavy atom. The number of rotatable bonds is 5. The van der Waals surface area contributed by atoms with Gasteiger partial charge in [0.15, 0.2) is 11.2 Å². The smallest absolute Gasteiger partial charge is 0.206 e. The largest absolute Gasteiger partial charge is 0.403 e. The Morgan fingerprint density at radius 3 is 1.65 bits per heavy atom. The highest BCUT2D eigenvalue weighted by molar-refractivity contribution is 5.03. The molecule has 0 aromatic carbocycles. The molecule has 9 heteroatoms. The maximum atomic E-state index is 12.8. The lowest BCUT2D eigenvalue weighted by Crippen LogP contribution is -2.52. The second-order valence-corrected chi connectivity index (χ2v) is 4.29. The van der Waals surface area contributed by atoms with Gasteiger partial charge in [-0.1, -0.05) is 6.08 Å². The van der Waals surface area contributed by atoms with Gasteiger partial charge in [-0.25, -0.2) is 4.39 Å². The molecule has 0 heterocycles. The van der Waals surface area contributed by atoms with Gasteiger partial charge in [0.25, 0.3) is 0 Å². The van der Waals surface area contributed by atoms with Crippen molar-refractivity contribution in [1.82, 2.24) is 0 Å². The van der Waals surface area contributed by atoms with Crippen LogP contribution in [-0.2, 0) is 0 Å². The molecule has 0 aromatic rings. The van der Waals surface area contributed by atoms with Crippen molar-refractivity contribution >= 4 is 0 Å². The van der Waals surface area contributed by atoms with Crippen molar-refractivity contribution in [3.05, 3.63) is 24.6 Å². The van der Waals surface area contributed by atoms with Crippen molar-refractivity contribution in [2.75, 3.05) is 0 Å². The summed E-state index contributed by atoms with van der Waals surface area (Å²) < 4.78 is 113. The van der Waals surface area contributed by atoms with E-state index in [1.165, 1.54) is 0 Å². The Kier molecular flexibility index (Phi) is 5.74. The van der Waals surface area contributed by atoms with Crippen LogP contribution in [0.3, 0.4) is 0 Å². The summed E-state index contributed by atoms with van der Waals surface area (Å²) in [5.41, 5.74) is -4.32. The van der Waals surface area contributed by atoms with E-state index in [2.05, 4.69) is 6.58 Å². The van der Waals surface area contributed by atoms with E-state index >= 15 is 0 Å². The van der Waals surface area contributed by atoms with Gasteiger partial charge in [-0.15, -0.1) is 6.58 Å². The highest BCUT2D eigenvalue weighted by atomic mass is 19.4. The molecule has 0 aliphatic carbocycles. The molecule has 0 bridgehead atoms. The van der Waals surface area contributed by atoms with E-state index in [1.807, 2.05) is 0 Å². The molecule has 0 N–H and O–H groups in total. The van der Waals surface area contributed by atoms with Crippen molar-refractivity contribution in [1.29, 1.82) is 0 Å². The first-order chi connectivity index (χ1) is 8.79. The first kappa shape index (κ1) is 18.8. The second kappa shape index (κ2) is 6.09. The zero-order valence-electron chi connectivity index (χ0n) is 10.2. The monoisotopic (exact) mass is 314 g/mol. The molecule has 0 fully saturated rings. The van der Waals surface area contributed by atoms with E-state index in [9.17, 15) is 39.5 Å². The normalized spacial score (nSPS) is 14.9. The molecule has 0 radical (unpaired) electrons. The van der Waals surface area contributed by atoms with Crippen LogP contribution >= 0.6 is 0 Å². The van der Waals surface area contributed by atoms with Crippen LogP contribution in [0.1, 0.15) is 19.8 Å². The highest BCUT2D eigenvalue weighted by Crippen LogP contribution is 2.57. The average molecular weight is 314 g/mol. The number of allylic oxidation sites excluding steroid dienone is 2. The van der Waals surface area contributed by atoms with E-state index in [0.717, 1.165) is 0 Å². The zero-order valence-corrected chi connectivity index (χ0v) is 10.2. The summed E-state index contributed by atoms with van der Waals surface area (Å²) in [5, 5.41) is 0. The van der Waals surface area contributed by atoms with Crippen molar-refractivity contribution in [2.45, 2.75) is 32.1 Å². The fourth-order valence-corrected chi connectivity index (χ4v) is 1.64. The molecule has 0 spiro atoms. The van der Waals surface area contributed by atoms with Crippen LogP contribution in [0.5, 0.6) is 0 Å². The third kappa shape index (κ3) is 3.69. The predicted octanol–water partition coefficient (Wildman–Crippen LogP) is 5.78. The lowest BCUT2D eigenvalue weighted by Gasteiger charge is -2.40. The number of alkyl halides is 6. The van der Waals surface area contributed by atoms with Crippen LogP contribution in [0.15, 0.2) is 24.6 Å². The minimum atomic E-state index is -5.77. The fraction of sp³-hybridized carbons (Fsp3) is 0.636. The van der Waals surface area contributed by atoms with Crippen LogP contribution in [0.4, 0.5) is 39.5 Å². The molecule has 0 aliphatic rings. The molecule has 0 rings (SSSR count). The van der Waals surface area contributed by atoms with Crippen LogP contribution < -0.4 is 0 Å². The summed E-state index contributed by atoms with van der Waals surface area (Å²) in [5.74, 6) is -4.77. The van der Waals surface area contributed by atoms with Gasteiger partial charge in [0, 0.05) is 6.42 Å². The Bertz CT molecular complexity index is 356. The first-order valence-electron chi connectivity index (χ1n) is 5.23. The van der Waals surface area contributed by atoms with Crippen molar-refractivity contribution in [3.8, 4) is 0 Å². The maximum absolute atomic E-state index is 12.8. The van der Waals surface area contributed by atoms with Crippen molar-refractivity contribution < 1.29 is 39.5 Å². The van der Waals surface area contributed by atoms with Crippen molar-refractivity contribution in [2.24, 2.45) is 11.3 Å². The number of hydrogen-bond donors (Lipinski definition) is 0. The Hall–Kier alpha value is -1.15. The summed E-state index contributed by atoms with van der Waals surface area (Å²) in [4.78, 5) is 0. The van der Waals surface area contributed by atoms with E-state index in [4.69, 9.17) is 0 Å². The number of halogens is 9. The summed E-state index contributed by atoms with van der Waals surface area (Å²) in [6.07, 6.45) is -16.4. The lowest BCUT2D eigenvalue weighted by atomic mass is 9.72. The van der Waals surface area contributed by atoms with Gasteiger partial charge in [-0.05, 0) is 19.3 Å². The molecule has 1 atom stereocenters. The molecule has 118 valence electrons.